The maximum Gasteiger partial charge on any atom is 0.135 e. The second-order valence-electron chi connectivity index (χ2n) is 4.12. The largest absolute Gasteiger partial charge is 0.300 e. The summed E-state index contributed by atoms with van der Waals surface area (Å²) in [5.41, 5.74) is 2.92. The lowest BCUT2D eigenvalue weighted by molar-refractivity contribution is -0.127. The van der Waals surface area contributed by atoms with Gasteiger partial charge >= 0.3 is 0 Å². The van der Waals surface area contributed by atoms with Gasteiger partial charge in [0.15, 0.2) is 0 Å². The number of hydroxylamine groups is 1. The molecule has 0 aromatic heterocycles. The Kier molecular flexibility index (Phi) is 4.39. The maximum atomic E-state index is 11.1. The third-order valence-corrected chi connectivity index (χ3v) is 2.18. The maximum absolute atomic E-state index is 11.1. The molecule has 1 aliphatic carbocycles. The Morgan fingerprint density at radius 2 is 2.38 bits per heavy atom. The van der Waals surface area contributed by atoms with Crippen molar-refractivity contribution >= 4 is 5.78 Å². The van der Waals surface area contributed by atoms with Gasteiger partial charge in [-0.25, -0.2) is 5.48 Å². The van der Waals surface area contributed by atoms with Crippen molar-refractivity contribution in [2.45, 2.75) is 45.6 Å². The molecule has 0 aromatic carbocycles. The minimum Gasteiger partial charge on any atom is -0.300 e. The van der Waals surface area contributed by atoms with Crippen molar-refractivity contribution in [2.75, 3.05) is 6.54 Å². The molecule has 1 rings (SSSR count). The predicted molar refractivity (Wildman–Crippen MR) is 51.2 cm³/mol. The van der Waals surface area contributed by atoms with Crippen LogP contribution in [0.1, 0.15) is 39.5 Å². The predicted octanol–water partition coefficient (Wildman–Crippen LogP) is 1.68. The zero-order valence-corrected chi connectivity index (χ0v) is 8.51. The Labute approximate surface area is 79.8 Å². The lowest BCUT2D eigenvalue weighted by Crippen LogP contribution is -2.31. The molecule has 3 heteroatoms. The highest BCUT2D eigenvalue weighted by Gasteiger charge is 2.19. The Bertz CT molecular complexity index is 168. The summed E-state index contributed by atoms with van der Waals surface area (Å²) in [5.74, 6) is 0.918. The normalized spacial score (nSPS) is 23.9. The highest BCUT2D eigenvalue weighted by atomic mass is 16.7. The lowest BCUT2D eigenvalue weighted by atomic mass is 9.97. The molecule has 76 valence electrons. The molecule has 13 heavy (non-hydrogen) atoms. The van der Waals surface area contributed by atoms with E-state index in [4.69, 9.17) is 4.84 Å². The molecule has 0 saturated heterocycles. The average molecular weight is 185 g/mol. The molecule has 0 aliphatic heterocycles. The zero-order valence-electron chi connectivity index (χ0n) is 8.51. The highest BCUT2D eigenvalue weighted by molar-refractivity contribution is 5.79. The number of carbonyl (C=O) groups excluding carboxylic acids is 1. The van der Waals surface area contributed by atoms with Crippen LogP contribution in [0.2, 0.25) is 0 Å². The Morgan fingerprint density at radius 3 is 3.00 bits per heavy atom. The van der Waals surface area contributed by atoms with E-state index in [2.05, 4.69) is 19.3 Å². The van der Waals surface area contributed by atoms with E-state index in [1.165, 1.54) is 0 Å². The summed E-state index contributed by atoms with van der Waals surface area (Å²) < 4.78 is 0. The van der Waals surface area contributed by atoms with E-state index in [0.717, 1.165) is 25.8 Å². The SMILES string of the molecule is CC(C)CNOC1CCCC(=O)C1. The van der Waals surface area contributed by atoms with Crippen molar-refractivity contribution in [3.8, 4) is 0 Å². The van der Waals surface area contributed by atoms with Crippen LogP contribution in [0.3, 0.4) is 0 Å². The van der Waals surface area contributed by atoms with Crippen LogP contribution in [-0.2, 0) is 9.63 Å². The first-order valence-corrected chi connectivity index (χ1v) is 5.08. The van der Waals surface area contributed by atoms with Gasteiger partial charge in [-0.05, 0) is 18.8 Å². The monoisotopic (exact) mass is 185 g/mol. The molecule has 0 heterocycles. The van der Waals surface area contributed by atoms with Crippen LogP contribution in [0.25, 0.3) is 0 Å². The van der Waals surface area contributed by atoms with Gasteiger partial charge in [-0.15, -0.1) is 0 Å². The van der Waals surface area contributed by atoms with E-state index in [1.54, 1.807) is 0 Å². The van der Waals surface area contributed by atoms with Crippen LogP contribution in [0.4, 0.5) is 0 Å². The molecule has 0 amide bonds. The Morgan fingerprint density at radius 1 is 1.62 bits per heavy atom. The quantitative estimate of drug-likeness (QED) is 0.677. The van der Waals surface area contributed by atoms with Crippen LogP contribution in [0, 0.1) is 5.92 Å². The van der Waals surface area contributed by atoms with E-state index < -0.39 is 0 Å². The minimum absolute atomic E-state index is 0.111. The number of nitrogens with one attached hydrogen (secondary N) is 1. The highest BCUT2D eigenvalue weighted by Crippen LogP contribution is 2.16. The van der Waals surface area contributed by atoms with Gasteiger partial charge in [0, 0.05) is 19.4 Å². The first kappa shape index (κ1) is 10.7. The molecule has 0 radical (unpaired) electrons. The van der Waals surface area contributed by atoms with Crippen LogP contribution >= 0.6 is 0 Å². The third kappa shape index (κ3) is 4.39. The van der Waals surface area contributed by atoms with Crippen LogP contribution < -0.4 is 5.48 Å². The van der Waals surface area contributed by atoms with Gasteiger partial charge in [0.1, 0.15) is 5.78 Å². The molecular weight excluding hydrogens is 166 g/mol. The Hall–Kier alpha value is -0.410. The van der Waals surface area contributed by atoms with Gasteiger partial charge in [0.05, 0.1) is 6.10 Å². The summed E-state index contributed by atoms with van der Waals surface area (Å²) in [7, 11) is 0. The van der Waals surface area contributed by atoms with E-state index in [0.29, 0.717) is 18.1 Å². The van der Waals surface area contributed by atoms with E-state index >= 15 is 0 Å². The third-order valence-electron chi connectivity index (χ3n) is 2.18. The van der Waals surface area contributed by atoms with Gasteiger partial charge in [-0.3, -0.25) is 9.63 Å². The van der Waals surface area contributed by atoms with Crippen LogP contribution in [0.5, 0.6) is 0 Å². The van der Waals surface area contributed by atoms with Crippen molar-refractivity contribution in [3.63, 3.8) is 0 Å². The van der Waals surface area contributed by atoms with Crippen LogP contribution in [-0.4, -0.2) is 18.4 Å². The fraction of sp³-hybridized carbons (Fsp3) is 0.900. The molecule has 1 N–H and O–H groups in total. The van der Waals surface area contributed by atoms with E-state index in [9.17, 15) is 4.79 Å². The van der Waals surface area contributed by atoms with Crippen molar-refractivity contribution in [2.24, 2.45) is 5.92 Å². The number of hydrogen-bond acceptors (Lipinski definition) is 3. The fourth-order valence-electron chi connectivity index (χ4n) is 1.42. The molecule has 1 unspecified atom stereocenters. The summed E-state index contributed by atoms with van der Waals surface area (Å²) in [6.07, 6.45) is 3.43. The Balaban J connectivity index is 2.10. The number of Topliss-reactive ketones (excluding diaryl/α,β-unsaturated/α-hetero) is 1. The summed E-state index contributed by atoms with van der Waals surface area (Å²) in [6.45, 7) is 5.11. The van der Waals surface area contributed by atoms with Crippen LogP contribution in [0.15, 0.2) is 0 Å². The van der Waals surface area contributed by atoms with Gasteiger partial charge in [-0.2, -0.15) is 0 Å². The molecule has 1 aliphatic rings. The van der Waals surface area contributed by atoms with Gasteiger partial charge in [-0.1, -0.05) is 13.8 Å². The minimum atomic E-state index is 0.111. The number of hydrogen-bond donors (Lipinski definition) is 1. The molecular formula is C10H19NO2. The first-order valence-electron chi connectivity index (χ1n) is 5.08. The molecule has 0 spiro atoms. The number of carbonyl (C=O) groups is 1. The van der Waals surface area contributed by atoms with E-state index in [1.807, 2.05) is 0 Å². The topological polar surface area (TPSA) is 38.3 Å². The van der Waals surface area contributed by atoms with Gasteiger partial charge < -0.3 is 0 Å². The molecule has 0 aromatic rings. The van der Waals surface area contributed by atoms with Crippen molar-refractivity contribution in [3.05, 3.63) is 0 Å². The van der Waals surface area contributed by atoms with Crippen molar-refractivity contribution < 1.29 is 9.63 Å². The molecule has 1 fully saturated rings. The second kappa shape index (κ2) is 5.35. The molecule has 1 saturated carbocycles. The smallest absolute Gasteiger partial charge is 0.135 e. The standard InChI is InChI=1S/C10H19NO2/c1-8(2)7-11-13-10-5-3-4-9(12)6-10/h8,10-11H,3-7H2,1-2H3. The second-order valence-corrected chi connectivity index (χ2v) is 4.12. The average Bonchev–Trinajstić information content (AvgIpc) is 2.03. The van der Waals surface area contributed by atoms with E-state index in [-0.39, 0.29) is 6.10 Å². The summed E-state index contributed by atoms with van der Waals surface area (Å²) in [4.78, 5) is 16.5. The van der Waals surface area contributed by atoms with Gasteiger partial charge in [0.25, 0.3) is 0 Å². The van der Waals surface area contributed by atoms with Crippen molar-refractivity contribution in [1.29, 1.82) is 0 Å². The summed E-state index contributed by atoms with van der Waals surface area (Å²) in [5, 5.41) is 0. The van der Waals surface area contributed by atoms with Gasteiger partial charge in [0.2, 0.25) is 0 Å². The van der Waals surface area contributed by atoms with Crippen molar-refractivity contribution in [1.82, 2.24) is 5.48 Å². The molecule has 3 nitrogen and oxygen atoms in total. The zero-order chi connectivity index (χ0) is 9.68. The molecule has 1 atom stereocenters. The number of ketones is 1. The fourth-order valence-corrected chi connectivity index (χ4v) is 1.42. The molecule has 0 bridgehead atoms. The lowest BCUT2D eigenvalue weighted by Gasteiger charge is -2.21. The summed E-state index contributed by atoms with van der Waals surface area (Å²) >= 11 is 0. The summed E-state index contributed by atoms with van der Waals surface area (Å²) in [6, 6.07) is 0. The number of rotatable bonds is 4. The first-order chi connectivity index (χ1) is 6.18.